The highest BCUT2D eigenvalue weighted by atomic mass is 16.7. The van der Waals surface area contributed by atoms with E-state index in [9.17, 15) is 0 Å². The number of hydrogen-bond donors (Lipinski definition) is 1. The molecule has 6 nitrogen and oxygen atoms in total. The lowest BCUT2D eigenvalue weighted by molar-refractivity contribution is 0.174. The smallest absolute Gasteiger partial charge is 0.243 e. The maximum absolute atomic E-state index is 6.04. The Hall–Kier alpha value is -2.08. The molecule has 6 heteroatoms. The van der Waals surface area contributed by atoms with E-state index in [4.69, 9.17) is 19.7 Å². The summed E-state index contributed by atoms with van der Waals surface area (Å²) in [5, 5.41) is 3.98. The van der Waals surface area contributed by atoms with E-state index in [0.717, 1.165) is 17.7 Å². The topological polar surface area (TPSA) is 83.4 Å². The first-order chi connectivity index (χ1) is 9.63. The van der Waals surface area contributed by atoms with Crippen molar-refractivity contribution in [3.05, 3.63) is 24.1 Å². The van der Waals surface area contributed by atoms with Gasteiger partial charge in [0.25, 0.3) is 0 Å². The van der Waals surface area contributed by atoms with Gasteiger partial charge in [-0.15, -0.1) is 0 Å². The first-order valence-electron chi connectivity index (χ1n) is 6.62. The highest BCUT2D eigenvalue weighted by molar-refractivity contribution is 5.61. The average Bonchev–Trinajstić information content (AvgIpc) is 3.06. The van der Waals surface area contributed by atoms with E-state index in [2.05, 4.69) is 24.0 Å². The van der Waals surface area contributed by atoms with Gasteiger partial charge in [0.1, 0.15) is 0 Å². The van der Waals surface area contributed by atoms with E-state index >= 15 is 0 Å². The van der Waals surface area contributed by atoms with E-state index in [-0.39, 0.29) is 12.8 Å². The number of benzene rings is 1. The predicted octanol–water partition coefficient (Wildman–Crippen LogP) is 2.51. The standard InChI is InChI=1S/C14H17N3O3/c1-8(2)5-10(15)14-16-13(17-20-14)9-3-4-11-12(6-9)19-7-18-11/h3-4,6,8,10H,5,7,15H2,1-2H3/t10-/m0/s1. The minimum Gasteiger partial charge on any atom is -0.454 e. The average molecular weight is 275 g/mol. The molecular weight excluding hydrogens is 258 g/mol. The molecule has 0 spiro atoms. The number of fused-ring (bicyclic) bond motifs is 1. The zero-order valence-electron chi connectivity index (χ0n) is 11.5. The summed E-state index contributed by atoms with van der Waals surface area (Å²) in [5.74, 6) is 2.88. The van der Waals surface area contributed by atoms with Crippen molar-refractivity contribution in [1.29, 1.82) is 0 Å². The molecule has 0 aliphatic carbocycles. The Morgan fingerprint density at radius 3 is 2.85 bits per heavy atom. The molecule has 1 aromatic carbocycles. The predicted molar refractivity (Wildman–Crippen MR) is 72.2 cm³/mol. The zero-order chi connectivity index (χ0) is 14.1. The van der Waals surface area contributed by atoms with Crippen LogP contribution in [0.4, 0.5) is 0 Å². The zero-order valence-corrected chi connectivity index (χ0v) is 11.5. The Balaban J connectivity index is 1.83. The molecule has 106 valence electrons. The molecule has 1 aromatic heterocycles. The summed E-state index contributed by atoms with van der Waals surface area (Å²) in [6, 6.07) is 5.31. The molecule has 0 saturated carbocycles. The second-order valence-corrected chi connectivity index (χ2v) is 5.26. The highest BCUT2D eigenvalue weighted by Gasteiger charge is 2.19. The van der Waals surface area contributed by atoms with Gasteiger partial charge in [0.15, 0.2) is 11.5 Å². The van der Waals surface area contributed by atoms with Gasteiger partial charge < -0.3 is 19.7 Å². The fourth-order valence-electron chi connectivity index (χ4n) is 2.15. The number of hydrogen-bond acceptors (Lipinski definition) is 6. The van der Waals surface area contributed by atoms with Crippen LogP contribution in [0.5, 0.6) is 11.5 Å². The second-order valence-electron chi connectivity index (χ2n) is 5.26. The summed E-state index contributed by atoms with van der Waals surface area (Å²) < 4.78 is 15.8. The van der Waals surface area contributed by atoms with Crippen LogP contribution in [0.1, 0.15) is 32.2 Å². The van der Waals surface area contributed by atoms with Crippen LogP contribution in [-0.2, 0) is 0 Å². The number of rotatable bonds is 4. The van der Waals surface area contributed by atoms with Crippen LogP contribution < -0.4 is 15.2 Å². The molecule has 20 heavy (non-hydrogen) atoms. The number of ether oxygens (including phenoxy) is 2. The molecule has 0 saturated heterocycles. The lowest BCUT2D eigenvalue weighted by Gasteiger charge is -2.08. The summed E-state index contributed by atoms with van der Waals surface area (Å²) in [6.07, 6.45) is 0.808. The largest absolute Gasteiger partial charge is 0.454 e. The molecule has 0 amide bonds. The van der Waals surface area contributed by atoms with Crippen molar-refractivity contribution in [3.63, 3.8) is 0 Å². The molecule has 3 rings (SSSR count). The summed E-state index contributed by atoms with van der Waals surface area (Å²) in [4.78, 5) is 4.36. The van der Waals surface area contributed by atoms with E-state index in [1.165, 1.54) is 0 Å². The second kappa shape index (κ2) is 5.13. The van der Waals surface area contributed by atoms with E-state index in [0.29, 0.717) is 23.4 Å². The minimum atomic E-state index is -0.231. The normalized spacial score (nSPS) is 14.8. The number of nitrogens with zero attached hydrogens (tertiary/aromatic N) is 2. The van der Waals surface area contributed by atoms with E-state index in [1.807, 2.05) is 18.2 Å². The molecule has 1 atom stereocenters. The lowest BCUT2D eigenvalue weighted by Crippen LogP contribution is -2.13. The molecule has 2 heterocycles. The van der Waals surface area contributed by atoms with Crippen LogP contribution in [0.25, 0.3) is 11.4 Å². The van der Waals surface area contributed by atoms with Crippen LogP contribution in [0.3, 0.4) is 0 Å². The van der Waals surface area contributed by atoms with Crippen LogP contribution >= 0.6 is 0 Å². The van der Waals surface area contributed by atoms with Gasteiger partial charge >= 0.3 is 0 Å². The monoisotopic (exact) mass is 275 g/mol. The summed E-state index contributed by atoms with van der Waals surface area (Å²) in [5.41, 5.74) is 6.86. The number of aromatic nitrogens is 2. The first kappa shape index (κ1) is 12.9. The van der Waals surface area contributed by atoms with Crippen molar-refractivity contribution in [3.8, 4) is 22.9 Å². The van der Waals surface area contributed by atoms with Crippen molar-refractivity contribution < 1.29 is 14.0 Å². The summed E-state index contributed by atoms with van der Waals surface area (Å²) >= 11 is 0. The maximum Gasteiger partial charge on any atom is 0.243 e. The Bertz CT molecular complexity index is 609. The van der Waals surface area contributed by atoms with Gasteiger partial charge in [-0.25, -0.2) is 0 Å². The van der Waals surface area contributed by atoms with Crippen LogP contribution in [0.2, 0.25) is 0 Å². The van der Waals surface area contributed by atoms with Crippen LogP contribution in [-0.4, -0.2) is 16.9 Å². The molecular formula is C14H17N3O3. The van der Waals surface area contributed by atoms with Crippen molar-refractivity contribution in [1.82, 2.24) is 10.1 Å². The Kier molecular flexibility index (Phi) is 3.31. The van der Waals surface area contributed by atoms with Crippen LogP contribution in [0, 0.1) is 5.92 Å². The van der Waals surface area contributed by atoms with E-state index in [1.54, 1.807) is 0 Å². The van der Waals surface area contributed by atoms with Crippen LogP contribution in [0.15, 0.2) is 22.7 Å². The Morgan fingerprint density at radius 2 is 2.05 bits per heavy atom. The quantitative estimate of drug-likeness (QED) is 0.923. The molecule has 1 aliphatic heterocycles. The van der Waals surface area contributed by atoms with Gasteiger partial charge in [-0.1, -0.05) is 19.0 Å². The molecule has 1 aliphatic rings. The van der Waals surface area contributed by atoms with Gasteiger partial charge in [0.2, 0.25) is 18.5 Å². The van der Waals surface area contributed by atoms with Crippen molar-refractivity contribution >= 4 is 0 Å². The van der Waals surface area contributed by atoms with Crippen molar-refractivity contribution in [2.45, 2.75) is 26.3 Å². The minimum absolute atomic E-state index is 0.231. The molecule has 0 fully saturated rings. The van der Waals surface area contributed by atoms with Crippen molar-refractivity contribution in [2.75, 3.05) is 6.79 Å². The lowest BCUT2D eigenvalue weighted by atomic mass is 10.0. The Morgan fingerprint density at radius 1 is 1.25 bits per heavy atom. The van der Waals surface area contributed by atoms with Gasteiger partial charge in [-0.3, -0.25) is 0 Å². The third kappa shape index (κ3) is 2.46. The SMILES string of the molecule is CC(C)C[C@H](N)c1nc(-c2ccc3c(c2)OCO3)no1. The third-order valence-corrected chi connectivity index (χ3v) is 3.12. The maximum atomic E-state index is 6.04. The van der Waals surface area contributed by atoms with Gasteiger partial charge in [-0.2, -0.15) is 4.98 Å². The molecule has 2 aromatic rings. The van der Waals surface area contributed by atoms with E-state index < -0.39 is 0 Å². The van der Waals surface area contributed by atoms with Crippen molar-refractivity contribution in [2.24, 2.45) is 11.7 Å². The molecule has 0 unspecified atom stereocenters. The third-order valence-electron chi connectivity index (χ3n) is 3.12. The fraction of sp³-hybridized carbons (Fsp3) is 0.429. The highest BCUT2D eigenvalue weighted by Crippen LogP contribution is 2.35. The Labute approximate surface area is 116 Å². The van der Waals surface area contributed by atoms with Gasteiger partial charge in [0.05, 0.1) is 6.04 Å². The molecule has 2 N–H and O–H groups in total. The number of nitrogens with two attached hydrogens (primary N) is 1. The van der Waals surface area contributed by atoms with Gasteiger partial charge in [-0.05, 0) is 30.5 Å². The molecule has 0 radical (unpaired) electrons. The summed E-state index contributed by atoms with van der Waals surface area (Å²) in [7, 11) is 0. The summed E-state index contributed by atoms with van der Waals surface area (Å²) in [6.45, 7) is 4.46. The molecule has 0 bridgehead atoms. The fourth-order valence-corrected chi connectivity index (χ4v) is 2.15. The van der Waals surface area contributed by atoms with Gasteiger partial charge in [0, 0.05) is 5.56 Å². The first-order valence-corrected chi connectivity index (χ1v) is 6.62.